The second kappa shape index (κ2) is 6.36. The monoisotopic (exact) mass is 300 g/mol. The number of halogens is 2. The van der Waals surface area contributed by atoms with Crippen LogP contribution >= 0.6 is 15.9 Å². The number of alkyl halides is 1. The molecular weight excluding hydrogens is 283 g/mol. The minimum Gasteiger partial charge on any atom is -0.369 e. The number of nitrogens with zero attached hydrogens (tertiary/aromatic N) is 2. The molecule has 0 bridgehead atoms. The number of piperazine rings is 1. The molecule has 0 amide bonds. The first-order valence-electron chi connectivity index (χ1n) is 6.08. The molecule has 0 N–H and O–H groups in total. The van der Waals surface area contributed by atoms with Gasteiger partial charge in [0.25, 0.3) is 0 Å². The lowest BCUT2D eigenvalue weighted by Gasteiger charge is -2.36. The summed E-state index contributed by atoms with van der Waals surface area (Å²) in [6.45, 7) is 5.44. The molecule has 1 heterocycles. The minimum atomic E-state index is -0.162. The van der Waals surface area contributed by atoms with E-state index in [-0.39, 0.29) is 5.82 Å². The normalized spacial score (nSPS) is 17.4. The highest BCUT2D eigenvalue weighted by Crippen LogP contribution is 2.16. The first-order chi connectivity index (χ1) is 8.29. The van der Waals surface area contributed by atoms with Crippen molar-refractivity contribution in [1.82, 2.24) is 4.90 Å². The van der Waals surface area contributed by atoms with E-state index in [4.69, 9.17) is 0 Å². The van der Waals surface area contributed by atoms with Gasteiger partial charge in [-0.25, -0.2) is 4.39 Å². The van der Waals surface area contributed by atoms with Gasteiger partial charge in [-0.15, -0.1) is 0 Å². The number of hydrogen-bond donors (Lipinski definition) is 0. The van der Waals surface area contributed by atoms with Crippen LogP contribution in [0, 0.1) is 5.82 Å². The van der Waals surface area contributed by atoms with Crippen LogP contribution in [0.2, 0.25) is 0 Å². The summed E-state index contributed by atoms with van der Waals surface area (Å²) in [7, 11) is 0. The summed E-state index contributed by atoms with van der Waals surface area (Å²) >= 11 is 3.46. The maximum atomic E-state index is 12.8. The molecule has 17 heavy (non-hydrogen) atoms. The molecule has 0 radical (unpaired) electrons. The Hall–Kier alpha value is -0.610. The maximum Gasteiger partial charge on any atom is 0.123 e. The predicted molar refractivity (Wildman–Crippen MR) is 73.5 cm³/mol. The summed E-state index contributed by atoms with van der Waals surface area (Å²) < 4.78 is 12.8. The van der Waals surface area contributed by atoms with Crippen LogP contribution in [0.4, 0.5) is 10.1 Å². The van der Waals surface area contributed by atoms with Crippen molar-refractivity contribution in [1.29, 1.82) is 0 Å². The van der Waals surface area contributed by atoms with E-state index in [1.807, 2.05) is 12.1 Å². The Balaban J connectivity index is 1.84. The third kappa shape index (κ3) is 3.68. The molecular formula is C13H18BrFN2. The molecule has 1 aliphatic rings. The Morgan fingerprint density at radius 3 is 2.29 bits per heavy atom. The second-order valence-corrected chi connectivity index (χ2v) is 5.14. The zero-order chi connectivity index (χ0) is 12.1. The van der Waals surface area contributed by atoms with E-state index in [0.29, 0.717) is 0 Å². The lowest BCUT2D eigenvalue weighted by Crippen LogP contribution is -2.46. The average molecular weight is 301 g/mol. The number of rotatable bonds is 4. The molecule has 4 heteroatoms. The van der Waals surface area contributed by atoms with E-state index in [9.17, 15) is 4.39 Å². The Morgan fingerprint density at radius 2 is 1.71 bits per heavy atom. The minimum absolute atomic E-state index is 0.162. The summed E-state index contributed by atoms with van der Waals surface area (Å²) in [5, 5.41) is 1.07. The van der Waals surface area contributed by atoms with E-state index < -0.39 is 0 Å². The fourth-order valence-corrected chi connectivity index (χ4v) is 2.42. The second-order valence-electron chi connectivity index (χ2n) is 4.35. The van der Waals surface area contributed by atoms with Crippen LogP contribution in [-0.4, -0.2) is 43.0 Å². The van der Waals surface area contributed by atoms with Crippen molar-refractivity contribution in [2.75, 3.05) is 43.0 Å². The topological polar surface area (TPSA) is 6.48 Å². The molecule has 2 nitrogen and oxygen atoms in total. The van der Waals surface area contributed by atoms with Gasteiger partial charge < -0.3 is 4.90 Å². The zero-order valence-corrected chi connectivity index (χ0v) is 11.5. The third-order valence-electron chi connectivity index (χ3n) is 3.17. The van der Waals surface area contributed by atoms with Gasteiger partial charge in [-0.05, 0) is 37.2 Å². The molecule has 0 saturated carbocycles. The highest BCUT2D eigenvalue weighted by molar-refractivity contribution is 9.09. The van der Waals surface area contributed by atoms with Gasteiger partial charge in [0.2, 0.25) is 0 Å². The van der Waals surface area contributed by atoms with Gasteiger partial charge in [-0.1, -0.05) is 15.9 Å². The molecule has 1 aromatic rings. The average Bonchev–Trinajstić information content (AvgIpc) is 2.38. The Morgan fingerprint density at radius 1 is 1.06 bits per heavy atom. The fourth-order valence-electron chi connectivity index (χ4n) is 2.16. The first-order valence-corrected chi connectivity index (χ1v) is 7.20. The lowest BCUT2D eigenvalue weighted by molar-refractivity contribution is 0.259. The van der Waals surface area contributed by atoms with Crippen LogP contribution < -0.4 is 4.90 Å². The van der Waals surface area contributed by atoms with E-state index in [1.165, 1.54) is 25.1 Å². The molecule has 1 saturated heterocycles. The van der Waals surface area contributed by atoms with Crippen molar-refractivity contribution >= 4 is 21.6 Å². The Bertz CT molecular complexity index is 334. The van der Waals surface area contributed by atoms with Gasteiger partial charge >= 0.3 is 0 Å². The Labute approximate surface area is 111 Å². The van der Waals surface area contributed by atoms with Crippen LogP contribution in [0.5, 0.6) is 0 Å². The van der Waals surface area contributed by atoms with Gasteiger partial charge in [0.05, 0.1) is 0 Å². The third-order valence-corrected chi connectivity index (χ3v) is 3.73. The molecule has 1 fully saturated rings. The van der Waals surface area contributed by atoms with Crippen LogP contribution in [0.3, 0.4) is 0 Å². The number of anilines is 1. The summed E-state index contributed by atoms with van der Waals surface area (Å²) in [6.07, 6.45) is 1.20. The summed E-state index contributed by atoms with van der Waals surface area (Å²) in [6, 6.07) is 6.80. The molecule has 0 aromatic heterocycles. The van der Waals surface area contributed by atoms with E-state index in [2.05, 4.69) is 25.7 Å². The van der Waals surface area contributed by atoms with E-state index in [0.717, 1.165) is 37.2 Å². The van der Waals surface area contributed by atoms with Gasteiger partial charge in [-0.3, -0.25) is 4.90 Å². The largest absolute Gasteiger partial charge is 0.369 e. The first kappa shape index (κ1) is 12.8. The summed E-state index contributed by atoms with van der Waals surface area (Å²) in [4.78, 5) is 4.81. The zero-order valence-electron chi connectivity index (χ0n) is 9.91. The molecule has 0 aliphatic carbocycles. The van der Waals surface area contributed by atoms with E-state index >= 15 is 0 Å². The van der Waals surface area contributed by atoms with Gasteiger partial charge in [0.1, 0.15) is 5.82 Å². The van der Waals surface area contributed by atoms with Crippen molar-refractivity contribution in [3.63, 3.8) is 0 Å². The molecule has 0 atom stereocenters. The molecule has 94 valence electrons. The summed E-state index contributed by atoms with van der Waals surface area (Å²) in [5.74, 6) is -0.162. The van der Waals surface area contributed by atoms with Crippen LogP contribution in [0.25, 0.3) is 0 Å². The standard InChI is InChI=1S/C13H18BrFN2/c14-6-1-7-16-8-10-17(11-9-16)13-4-2-12(15)3-5-13/h2-5H,1,6-11H2. The van der Waals surface area contributed by atoms with Crippen molar-refractivity contribution in [3.8, 4) is 0 Å². The Kier molecular flexibility index (Phi) is 4.80. The molecule has 1 aliphatic heterocycles. The highest BCUT2D eigenvalue weighted by Gasteiger charge is 2.16. The van der Waals surface area contributed by atoms with E-state index in [1.54, 1.807) is 0 Å². The van der Waals surface area contributed by atoms with Crippen molar-refractivity contribution in [2.45, 2.75) is 6.42 Å². The summed E-state index contributed by atoms with van der Waals surface area (Å²) in [5.41, 5.74) is 1.13. The number of benzene rings is 1. The van der Waals surface area contributed by atoms with Crippen LogP contribution in [-0.2, 0) is 0 Å². The van der Waals surface area contributed by atoms with Gasteiger partial charge in [0.15, 0.2) is 0 Å². The van der Waals surface area contributed by atoms with Crippen molar-refractivity contribution < 1.29 is 4.39 Å². The number of hydrogen-bond acceptors (Lipinski definition) is 2. The molecule has 0 spiro atoms. The smallest absolute Gasteiger partial charge is 0.123 e. The van der Waals surface area contributed by atoms with Crippen molar-refractivity contribution in [2.24, 2.45) is 0 Å². The van der Waals surface area contributed by atoms with Crippen molar-refractivity contribution in [3.05, 3.63) is 30.1 Å². The molecule has 1 aromatic carbocycles. The van der Waals surface area contributed by atoms with Gasteiger partial charge in [-0.2, -0.15) is 0 Å². The molecule has 2 rings (SSSR count). The van der Waals surface area contributed by atoms with Gasteiger partial charge in [0, 0.05) is 37.2 Å². The van der Waals surface area contributed by atoms with Crippen LogP contribution in [0.15, 0.2) is 24.3 Å². The predicted octanol–water partition coefficient (Wildman–Crippen LogP) is 2.73. The maximum absolute atomic E-state index is 12.8. The lowest BCUT2D eigenvalue weighted by atomic mass is 10.2. The SMILES string of the molecule is Fc1ccc(N2CCN(CCCBr)CC2)cc1. The highest BCUT2D eigenvalue weighted by atomic mass is 79.9. The molecule has 0 unspecified atom stereocenters. The van der Waals surface area contributed by atoms with Crippen LogP contribution in [0.1, 0.15) is 6.42 Å². The quantitative estimate of drug-likeness (QED) is 0.789. The fraction of sp³-hybridized carbons (Fsp3) is 0.538.